The Hall–Kier alpha value is -2.67. The third kappa shape index (κ3) is 4.42. The van der Waals surface area contributed by atoms with Crippen LogP contribution in [0, 0.1) is 6.92 Å². The van der Waals surface area contributed by atoms with Crippen molar-refractivity contribution in [2.24, 2.45) is 0 Å². The van der Waals surface area contributed by atoms with Gasteiger partial charge in [0.1, 0.15) is 6.61 Å². The molecular formula is C15H17N3O4. The van der Waals surface area contributed by atoms with Crippen molar-refractivity contribution in [3.05, 3.63) is 47.8 Å². The van der Waals surface area contributed by atoms with Crippen molar-refractivity contribution in [2.75, 3.05) is 19.8 Å². The van der Waals surface area contributed by atoms with E-state index in [4.69, 9.17) is 9.84 Å². The fourth-order valence-corrected chi connectivity index (χ4v) is 1.82. The van der Waals surface area contributed by atoms with Gasteiger partial charge in [0.25, 0.3) is 5.91 Å². The van der Waals surface area contributed by atoms with Gasteiger partial charge in [0.2, 0.25) is 0 Å². The van der Waals surface area contributed by atoms with Crippen LogP contribution in [0.25, 0.3) is 5.69 Å². The Balaban J connectivity index is 1.84. The van der Waals surface area contributed by atoms with Crippen LogP contribution in [0.5, 0.6) is 0 Å². The van der Waals surface area contributed by atoms with Crippen LogP contribution in [-0.4, -0.2) is 46.5 Å². The molecule has 22 heavy (non-hydrogen) atoms. The Bertz CT molecular complexity index is 649. The normalized spacial score (nSPS) is 10.4. The van der Waals surface area contributed by atoms with Gasteiger partial charge in [-0.05, 0) is 37.3 Å². The molecule has 0 unspecified atom stereocenters. The molecule has 0 atom stereocenters. The van der Waals surface area contributed by atoms with Crippen molar-refractivity contribution in [3.8, 4) is 5.69 Å². The number of aliphatic carboxylic acids is 1. The molecular weight excluding hydrogens is 286 g/mol. The highest BCUT2D eigenvalue weighted by Crippen LogP contribution is 2.09. The lowest BCUT2D eigenvalue weighted by molar-refractivity contribution is -0.142. The number of hydrogen-bond acceptors (Lipinski definition) is 4. The minimum absolute atomic E-state index is 0.155. The predicted molar refractivity (Wildman–Crippen MR) is 79.1 cm³/mol. The van der Waals surface area contributed by atoms with Crippen molar-refractivity contribution in [1.82, 2.24) is 15.1 Å². The molecule has 1 aromatic heterocycles. The average molecular weight is 303 g/mol. The molecule has 1 heterocycles. The first-order chi connectivity index (χ1) is 10.6. The van der Waals surface area contributed by atoms with E-state index in [1.165, 1.54) is 0 Å². The van der Waals surface area contributed by atoms with Crippen molar-refractivity contribution >= 4 is 11.9 Å². The summed E-state index contributed by atoms with van der Waals surface area (Å²) >= 11 is 0. The fraction of sp³-hybridized carbons (Fsp3) is 0.267. The van der Waals surface area contributed by atoms with E-state index in [1.807, 2.05) is 31.3 Å². The first-order valence-electron chi connectivity index (χ1n) is 6.77. The average Bonchev–Trinajstić information content (AvgIpc) is 2.93. The third-order valence-corrected chi connectivity index (χ3v) is 2.87. The summed E-state index contributed by atoms with van der Waals surface area (Å²) in [6.45, 7) is 1.95. The second-order valence-electron chi connectivity index (χ2n) is 4.65. The number of aryl methyl sites for hydroxylation is 1. The van der Waals surface area contributed by atoms with Gasteiger partial charge in [-0.1, -0.05) is 0 Å². The maximum Gasteiger partial charge on any atom is 0.329 e. The van der Waals surface area contributed by atoms with Crippen LogP contribution in [0.1, 0.15) is 16.1 Å². The Morgan fingerprint density at radius 3 is 2.59 bits per heavy atom. The Labute approximate surface area is 127 Å². The molecule has 0 saturated heterocycles. The highest BCUT2D eigenvalue weighted by atomic mass is 16.5. The summed E-state index contributed by atoms with van der Waals surface area (Å²) in [7, 11) is 0. The summed E-state index contributed by atoms with van der Waals surface area (Å²) in [5.41, 5.74) is 2.31. The maximum atomic E-state index is 11.9. The molecule has 0 aliphatic heterocycles. The van der Waals surface area contributed by atoms with E-state index in [-0.39, 0.29) is 25.7 Å². The number of carbonyl (C=O) groups excluding carboxylic acids is 1. The molecule has 1 amide bonds. The largest absolute Gasteiger partial charge is 0.480 e. The molecule has 0 fully saturated rings. The number of benzene rings is 1. The van der Waals surface area contributed by atoms with E-state index < -0.39 is 5.97 Å². The molecule has 2 aromatic rings. The topological polar surface area (TPSA) is 93.5 Å². The van der Waals surface area contributed by atoms with Crippen LogP contribution < -0.4 is 5.32 Å². The summed E-state index contributed by atoms with van der Waals surface area (Å²) in [5, 5.41) is 15.4. The first kappa shape index (κ1) is 15.7. The van der Waals surface area contributed by atoms with Gasteiger partial charge in [-0.15, -0.1) is 0 Å². The molecule has 7 nitrogen and oxygen atoms in total. The van der Waals surface area contributed by atoms with Gasteiger partial charge in [0, 0.05) is 18.3 Å². The minimum Gasteiger partial charge on any atom is -0.480 e. The number of amides is 1. The molecule has 0 spiro atoms. The molecule has 2 rings (SSSR count). The lowest BCUT2D eigenvalue weighted by atomic mass is 10.2. The van der Waals surface area contributed by atoms with Gasteiger partial charge in [0.15, 0.2) is 0 Å². The number of carboxylic acids is 1. The van der Waals surface area contributed by atoms with E-state index >= 15 is 0 Å². The van der Waals surface area contributed by atoms with Crippen LogP contribution in [-0.2, 0) is 9.53 Å². The molecule has 0 radical (unpaired) electrons. The lowest BCUT2D eigenvalue weighted by Crippen LogP contribution is -2.27. The first-order valence-corrected chi connectivity index (χ1v) is 6.77. The zero-order chi connectivity index (χ0) is 15.9. The monoisotopic (exact) mass is 303 g/mol. The Kier molecular flexibility index (Phi) is 5.26. The van der Waals surface area contributed by atoms with Crippen molar-refractivity contribution < 1.29 is 19.4 Å². The summed E-state index contributed by atoms with van der Waals surface area (Å²) in [5.74, 6) is -1.27. The van der Waals surface area contributed by atoms with E-state index in [9.17, 15) is 9.59 Å². The molecule has 1 aromatic carbocycles. The zero-order valence-electron chi connectivity index (χ0n) is 12.2. The van der Waals surface area contributed by atoms with E-state index in [1.54, 1.807) is 16.8 Å². The fourth-order valence-electron chi connectivity index (χ4n) is 1.82. The van der Waals surface area contributed by atoms with Crippen molar-refractivity contribution in [2.45, 2.75) is 6.92 Å². The van der Waals surface area contributed by atoms with Crippen LogP contribution >= 0.6 is 0 Å². The van der Waals surface area contributed by atoms with E-state index in [0.717, 1.165) is 11.4 Å². The van der Waals surface area contributed by atoms with Crippen LogP contribution in [0.2, 0.25) is 0 Å². The number of aromatic nitrogens is 2. The van der Waals surface area contributed by atoms with Crippen LogP contribution in [0.15, 0.2) is 36.5 Å². The highest BCUT2D eigenvalue weighted by Gasteiger charge is 2.06. The number of ether oxygens (including phenoxy) is 1. The standard InChI is InChI=1S/C15H17N3O4/c1-11-6-8-18(17-11)13-4-2-12(3-5-13)15(21)16-7-9-22-10-14(19)20/h2-6,8H,7,9-10H2,1H3,(H,16,21)(H,19,20). The number of nitrogens with zero attached hydrogens (tertiary/aromatic N) is 2. The second-order valence-corrected chi connectivity index (χ2v) is 4.65. The Morgan fingerprint density at radius 1 is 1.27 bits per heavy atom. The summed E-state index contributed by atoms with van der Waals surface area (Å²) < 4.78 is 6.57. The zero-order valence-corrected chi connectivity index (χ0v) is 12.2. The quantitative estimate of drug-likeness (QED) is 0.745. The van der Waals surface area contributed by atoms with Crippen LogP contribution in [0.3, 0.4) is 0 Å². The molecule has 0 aliphatic rings. The maximum absolute atomic E-state index is 11.9. The molecule has 7 heteroatoms. The van der Waals surface area contributed by atoms with E-state index in [2.05, 4.69) is 10.4 Å². The van der Waals surface area contributed by atoms with Gasteiger partial charge >= 0.3 is 5.97 Å². The number of hydrogen-bond donors (Lipinski definition) is 2. The van der Waals surface area contributed by atoms with Gasteiger partial charge in [-0.25, -0.2) is 9.48 Å². The molecule has 116 valence electrons. The number of carboxylic acid groups (broad SMARTS) is 1. The smallest absolute Gasteiger partial charge is 0.329 e. The summed E-state index contributed by atoms with van der Waals surface area (Å²) in [6, 6.07) is 8.93. The number of carbonyl (C=O) groups is 2. The van der Waals surface area contributed by atoms with Crippen LogP contribution in [0.4, 0.5) is 0 Å². The van der Waals surface area contributed by atoms with Gasteiger partial charge < -0.3 is 15.2 Å². The van der Waals surface area contributed by atoms with Crippen molar-refractivity contribution in [1.29, 1.82) is 0 Å². The number of rotatable bonds is 7. The van der Waals surface area contributed by atoms with Gasteiger partial charge in [0.05, 0.1) is 18.0 Å². The highest BCUT2D eigenvalue weighted by molar-refractivity contribution is 5.94. The summed E-state index contributed by atoms with van der Waals surface area (Å²) in [6.07, 6.45) is 1.85. The summed E-state index contributed by atoms with van der Waals surface area (Å²) in [4.78, 5) is 22.1. The van der Waals surface area contributed by atoms with E-state index in [0.29, 0.717) is 5.56 Å². The van der Waals surface area contributed by atoms with Gasteiger partial charge in [-0.3, -0.25) is 4.79 Å². The molecule has 2 N–H and O–H groups in total. The molecule has 0 bridgehead atoms. The van der Waals surface area contributed by atoms with Crippen molar-refractivity contribution in [3.63, 3.8) is 0 Å². The molecule has 0 saturated carbocycles. The Morgan fingerprint density at radius 2 is 2.00 bits per heavy atom. The second kappa shape index (κ2) is 7.37. The van der Waals surface area contributed by atoms with Gasteiger partial charge in [-0.2, -0.15) is 5.10 Å². The lowest BCUT2D eigenvalue weighted by Gasteiger charge is -2.06. The minimum atomic E-state index is -1.03. The number of nitrogens with one attached hydrogen (secondary N) is 1. The predicted octanol–water partition coefficient (Wildman–Crippen LogP) is 1.01. The third-order valence-electron chi connectivity index (χ3n) is 2.87. The SMILES string of the molecule is Cc1ccn(-c2ccc(C(=O)NCCOCC(=O)O)cc2)n1. The molecule has 0 aliphatic carbocycles.